The van der Waals surface area contributed by atoms with E-state index in [1.54, 1.807) is 0 Å². The van der Waals surface area contributed by atoms with Gasteiger partial charge in [-0.1, -0.05) is 146 Å². The van der Waals surface area contributed by atoms with Crippen molar-refractivity contribution >= 4 is 109 Å². The van der Waals surface area contributed by atoms with Crippen LogP contribution in [-0.4, -0.2) is 6.85 Å². The van der Waals surface area contributed by atoms with Gasteiger partial charge < -0.3 is 19.2 Å². The van der Waals surface area contributed by atoms with E-state index in [2.05, 4.69) is 205 Å². The number of thiophene rings is 2. The van der Waals surface area contributed by atoms with Gasteiger partial charge in [0.15, 0.2) is 23.0 Å². The quantitative estimate of drug-likeness (QED) is 0.165. The van der Waals surface area contributed by atoms with E-state index >= 15 is 0 Å². The molecule has 5 heterocycles. The van der Waals surface area contributed by atoms with Crippen LogP contribution in [0.4, 0.5) is 28.4 Å². The van der Waals surface area contributed by atoms with Gasteiger partial charge in [0.1, 0.15) is 0 Å². The highest BCUT2D eigenvalue weighted by molar-refractivity contribution is 7.27. The van der Waals surface area contributed by atoms with Crippen LogP contribution in [0.3, 0.4) is 0 Å². The third kappa shape index (κ3) is 6.26. The lowest BCUT2D eigenvalue weighted by molar-refractivity contribution is 0.332. The van der Waals surface area contributed by atoms with Gasteiger partial charge in [-0.15, -0.1) is 22.7 Å². The Balaban J connectivity index is 1.14. The number of hydrogen-bond acceptors (Lipinski definition) is 6. The van der Waals surface area contributed by atoms with E-state index in [-0.39, 0.29) is 23.1 Å². The monoisotopic (exact) mass is 994 g/mol. The minimum atomic E-state index is -0.292. The first kappa shape index (κ1) is 44.2. The molecule has 3 aliphatic heterocycles. The first-order valence-corrected chi connectivity index (χ1v) is 27.9. The molecule has 0 saturated carbocycles. The zero-order valence-electron chi connectivity index (χ0n) is 43.1. The fraction of sp³-hybridized carbons (Fsp3) is 0.194. The molecule has 0 saturated heterocycles. The summed E-state index contributed by atoms with van der Waals surface area (Å²) in [5.74, 6) is 2.87. The van der Waals surface area contributed by atoms with Crippen molar-refractivity contribution in [2.75, 3.05) is 9.71 Å². The molecule has 4 nitrogen and oxygen atoms in total. The molecule has 7 heteroatoms. The molecule has 0 N–H and O–H groups in total. The van der Waals surface area contributed by atoms with Crippen LogP contribution in [0.15, 0.2) is 164 Å². The van der Waals surface area contributed by atoms with Gasteiger partial charge in [-0.05, 0) is 135 Å². The van der Waals surface area contributed by atoms with Crippen molar-refractivity contribution in [1.29, 1.82) is 0 Å². The largest absolute Gasteiger partial charge is 0.450 e. The zero-order chi connectivity index (χ0) is 50.2. The third-order valence-electron chi connectivity index (χ3n) is 17.0. The fourth-order valence-electron chi connectivity index (χ4n) is 13.0. The fourth-order valence-corrected chi connectivity index (χ4v) is 15.4. The summed E-state index contributed by atoms with van der Waals surface area (Å²) in [6.07, 6.45) is 2.29. The zero-order valence-corrected chi connectivity index (χ0v) is 44.7. The van der Waals surface area contributed by atoms with Crippen LogP contribution in [0.25, 0.3) is 62.6 Å². The molecule has 74 heavy (non-hydrogen) atoms. The number of fused-ring (bicyclic) bond motifs is 15. The van der Waals surface area contributed by atoms with Gasteiger partial charge in [0.25, 0.3) is 0 Å². The highest BCUT2D eigenvalue weighted by Crippen LogP contribution is 2.59. The number of nitrogens with zero attached hydrogens (tertiary/aromatic N) is 2. The molecule has 15 rings (SSSR count). The van der Waals surface area contributed by atoms with Gasteiger partial charge in [0, 0.05) is 91.5 Å². The Kier molecular flexibility index (Phi) is 9.18. The molecule has 0 spiro atoms. The SMILES string of the molecule is Cc1cc2c(cc1N1c3cc4c(cc3B3c5c1cc1c(sc6ccccc61)c5-c1ccc5sc6ccccc6c5c1N3c1ccc(C(C)(C)C)cc1-c1ccccc1)Oc1ccccc1O4)C(C)(C)CCC2(C)C. The number of ether oxygens (including phenoxy) is 2. The van der Waals surface area contributed by atoms with Crippen LogP contribution in [0.1, 0.15) is 83.6 Å². The van der Waals surface area contributed by atoms with E-state index in [1.165, 1.54) is 119 Å². The summed E-state index contributed by atoms with van der Waals surface area (Å²) >= 11 is 3.83. The molecule has 11 aromatic rings. The summed E-state index contributed by atoms with van der Waals surface area (Å²) in [5.41, 5.74) is 18.8. The standard InChI is InChI=1S/C67H55BN2O2S2/c1-38-32-46-47(67(7,8)31-30-66(46,5)6)35-50(38)69-51-37-56-55(71-53-22-14-15-23-54(53)72-56)36-48(51)68-62-52(69)34-45-41-20-12-16-24-57(41)74-64(45)61(62)43-27-29-59-60(42-21-13-17-25-58(42)73-59)63(43)70(68)49-28-26-40(65(2,3)4)33-44(49)39-18-10-9-11-19-39/h9-29,32-37H,30-31H2,1-8H3. The Morgan fingerprint density at radius 2 is 1.18 bits per heavy atom. The van der Waals surface area contributed by atoms with E-state index in [4.69, 9.17) is 9.47 Å². The van der Waals surface area contributed by atoms with Gasteiger partial charge in [0.05, 0.1) is 0 Å². The molecule has 0 fully saturated rings. The molecule has 0 amide bonds. The second-order valence-corrected chi connectivity index (χ2v) is 25.6. The van der Waals surface area contributed by atoms with E-state index in [1.807, 2.05) is 46.9 Å². The summed E-state index contributed by atoms with van der Waals surface area (Å²) < 4.78 is 19.1. The van der Waals surface area contributed by atoms with Crippen molar-refractivity contribution in [2.45, 2.75) is 84.5 Å². The first-order chi connectivity index (χ1) is 35.7. The van der Waals surface area contributed by atoms with Gasteiger partial charge in [-0.2, -0.15) is 0 Å². The average molecular weight is 995 g/mol. The van der Waals surface area contributed by atoms with Crippen molar-refractivity contribution in [2.24, 2.45) is 0 Å². The highest BCUT2D eigenvalue weighted by atomic mass is 32.1. The molecule has 2 aromatic heterocycles. The second-order valence-electron chi connectivity index (χ2n) is 23.5. The Hall–Kier alpha value is -7.32. The van der Waals surface area contributed by atoms with Crippen LogP contribution in [0.5, 0.6) is 23.0 Å². The van der Waals surface area contributed by atoms with Crippen LogP contribution in [0, 0.1) is 6.92 Å². The predicted molar refractivity (Wildman–Crippen MR) is 317 cm³/mol. The Labute approximate surface area is 441 Å². The van der Waals surface area contributed by atoms with E-state index in [0.29, 0.717) is 5.75 Å². The number of hydrogen-bond donors (Lipinski definition) is 0. The van der Waals surface area contributed by atoms with Gasteiger partial charge >= 0.3 is 6.85 Å². The lowest BCUT2D eigenvalue weighted by Crippen LogP contribution is -2.61. The van der Waals surface area contributed by atoms with Gasteiger partial charge in [-0.25, -0.2) is 0 Å². The molecule has 0 atom stereocenters. The molecule has 0 bridgehead atoms. The number of rotatable bonds is 3. The maximum absolute atomic E-state index is 6.99. The summed E-state index contributed by atoms with van der Waals surface area (Å²) in [7, 11) is 0. The van der Waals surface area contributed by atoms with Crippen molar-refractivity contribution < 1.29 is 9.47 Å². The third-order valence-corrected chi connectivity index (χ3v) is 19.4. The average Bonchev–Trinajstić information content (AvgIpc) is 3.97. The van der Waals surface area contributed by atoms with Gasteiger partial charge in [-0.3, -0.25) is 0 Å². The minimum Gasteiger partial charge on any atom is -0.450 e. The van der Waals surface area contributed by atoms with E-state index in [0.717, 1.165) is 35.8 Å². The van der Waals surface area contributed by atoms with E-state index in [9.17, 15) is 0 Å². The van der Waals surface area contributed by atoms with Crippen molar-refractivity contribution in [1.82, 2.24) is 0 Å². The molecule has 4 aliphatic rings. The molecule has 360 valence electrons. The normalized spacial score (nSPS) is 15.8. The second kappa shape index (κ2) is 15.4. The number of anilines is 5. The maximum atomic E-state index is 6.99. The van der Waals surface area contributed by atoms with Crippen molar-refractivity contribution in [3.63, 3.8) is 0 Å². The lowest BCUT2D eigenvalue weighted by atomic mass is 9.43. The molecular formula is C67H55BN2O2S2. The lowest BCUT2D eigenvalue weighted by Gasteiger charge is -2.48. The topological polar surface area (TPSA) is 24.9 Å². The van der Waals surface area contributed by atoms with Crippen LogP contribution >= 0.6 is 22.7 Å². The number of aryl methyl sites for hydroxylation is 1. The summed E-state index contributed by atoms with van der Waals surface area (Å²) in [5, 5.41) is 5.14. The van der Waals surface area contributed by atoms with Crippen molar-refractivity contribution in [3.8, 4) is 45.3 Å². The molecule has 9 aromatic carbocycles. The number of para-hydroxylation sites is 2. The van der Waals surface area contributed by atoms with E-state index < -0.39 is 0 Å². The Bertz CT molecular complexity index is 4230. The summed E-state index contributed by atoms with van der Waals surface area (Å²) in [6, 6.07) is 61.6. The van der Waals surface area contributed by atoms with Crippen molar-refractivity contribution in [3.05, 3.63) is 186 Å². The van der Waals surface area contributed by atoms with Gasteiger partial charge in [0.2, 0.25) is 0 Å². The maximum Gasteiger partial charge on any atom is 0.333 e. The molecule has 0 radical (unpaired) electrons. The summed E-state index contributed by atoms with van der Waals surface area (Å²) in [6.45, 7) is 18.8. The highest BCUT2D eigenvalue weighted by Gasteiger charge is 2.49. The Morgan fingerprint density at radius 3 is 1.91 bits per heavy atom. The molecule has 1 aliphatic carbocycles. The minimum absolute atomic E-state index is 0.00457. The smallest absolute Gasteiger partial charge is 0.333 e. The van der Waals surface area contributed by atoms with Crippen LogP contribution in [-0.2, 0) is 16.2 Å². The number of benzene rings is 9. The first-order valence-electron chi connectivity index (χ1n) is 26.2. The summed E-state index contributed by atoms with van der Waals surface area (Å²) in [4.78, 5) is 5.37. The Morgan fingerprint density at radius 1 is 0.527 bits per heavy atom. The molecule has 0 unspecified atom stereocenters. The molecular weight excluding hydrogens is 940 g/mol. The van der Waals surface area contributed by atoms with Crippen LogP contribution < -0.4 is 30.1 Å². The van der Waals surface area contributed by atoms with Crippen LogP contribution in [0.2, 0.25) is 0 Å². The predicted octanol–water partition coefficient (Wildman–Crippen LogP) is 18.6.